The highest BCUT2D eigenvalue weighted by molar-refractivity contribution is 9.10. The summed E-state index contributed by atoms with van der Waals surface area (Å²) >= 11 is 3.58. The molecule has 3 N–H and O–H groups in total. The van der Waals surface area contributed by atoms with E-state index in [-0.39, 0.29) is 0 Å². The fourth-order valence-corrected chi connectivity index (χ4v) is 7.87. The van der Waals surface area contributed by atoms with Crippen LogP contribution in [0.25, 0.3) is 22.2 Å². The Morgan fingerprint density at radius 1 is 0.903 bits per heavy atom. The highest BCUT2D eigenvalue weighted by Gasteiger charge is 2.51. The number of hydrogen-bond donors (Lipinski definition) is 2. The van der Waals surface area contributed by atoms with Gasteiger partial charge in [0.25, 0.3) is 0 Å². The Morgan fingerprint density at radius 3 is 2.23 bits per heavy atom. The van der Waals surface area contributed by atoms with Crippen LogP contribution in [-0.2, 0) is 11.8 Å². The number of unbranched alkanes of at least 4 members (excludes halogenated alkanes) is 1. The molecule has 0 unspecified atom stereocenters. The van der Waals surface area contributed by atoms with E-state index in [4.69, 9.17) is 5.73 Å². The van der Waals surface area contributed by atoms with E-state index < -0.39 is 0 Å². The molecule has 4 fully saturated rings. The second kappa shape index (κ2) is 7.78. The summed E-state index contributed by atoms with van der Waals surface area (Å²) in [5, 5.41) is 1.45. The number of benzene rings is 2. The number of fused-ring (bicyclic) bond motifs is 1. The van der Waals surface area contributed by atoms with Crippen molar-refractivity contribution in [2.45, 2.75) is 63.2 Å². The van der Waals surface area contributed by atoms with Crippen molar-refractivity contribution < 1.29 is 0 Å². The Kier molecular flexibility index (Phi) is 5.03. The molecule has 4 aliphatic rings. The first-order valence-corrected chi connectivity index (χ1v) is 13.0. The van der Waals surface area contributed by atoms with Gasteiger partial charge in [0.1, 0.15) is 0 Å². The fraction of sp³-hybridized carbons (Fsp3) is 0.500. The largest absolute Gasteiger partial charge is 0.354 e. The van der Waals surface area contributed by atoms with E-state index in [1.54, 1.807) is 5.56 Å². The average molecular weight is 477 g/mol. The first-order chi connectivity index (χ1) is 15.1. The minimum absolute atomic E-state index is 0.451. The monoisotopic (exact) mass is 476 g/mol. The van der Waals surface area contributed by atoms with Gasteiger partial charge in [-0.3, -0.25) is 0 Å². The predicted octanol–water partition coefficient (Wildman–Crippen LogP) is 7.35. The summed E-state index contributed by atoms with van der Waals surface area (Å²) in [6.07, 6.45) is 12.1. The number of aryl methyl sites for hydroxylation is 1. The van der Waals surface area contributed by atoms with Crippen molar-refractivity contribution in [3.05, 3.63) is 58.1 Å². The quantitative estimate of drug-likeness (QED) is 0.358. The summed E-state index contributed by atoms with van der Waals surface area (Å²) in [6.45, 7) is 0.772. The molecule has 1 heterocycles. The second-order valence-corrected chi connectivity index (χ2v) is 11.6. The maximum Gasteiger partial charge on any atom is 0.0497 e. The molecule has 0 aliphatic heterocycles. The summed E-state index contributed by atoms with van der Waals surface area (Å²) in [4.78, 5) is 3.78. The molecule has 4 bridgehead atoms. The van der Waals surface area contributed by atoms with Crippen LogP contribution in [0, 0.1) is 17.8 Å². The number of aromatic nitrogens is 1. The van der Waals surface area contributed by atoms with Crippen LogP contribution in [0.5, 0.6) is 0 Å². The summed E-state index contributed by atoms with van der Waals surface area (Å²) in [6, 6.07) is 16.2. The molecule has 0 amide bonds. The number of nitrogens with one attached hydrogen (secondary N) is 1. The minimum atomic E-state index is 0.451. The number of rotatable bonds is 6. The smallest absolute Gasteiger partial charge is 0.0497 e. The molecular weight excluding hydrogens is 444 g/mol. The van der Waals surface area contributed by atoms with E-state index in [1.807, 2.05) is 0 Å². The predicted molar refractivity (Wildman–Crippen MR) is 133 cm³/mol. The van der Waals surface area contributed by atoms with Gasteiger partial charge in [-0.1, -0.05) is 34.1 Å². The number of nitrogens with two attached hydrogens (primary N) is 1. The minimum Gasteiger partial charge on any atom is -0.354 e. The maximum atomic E-state index is 5.83. The van der Waals surface area contributed by atoms with Gasteiger partial charge in [0.2, 0.25) is 0 Å². The zero-order valence-electron chi connectivity index (χ0n) is 18.3. The summed E-state index contributed by atoms with van der Waals surface area (Å²) < 4.78 is 1.13. The Bertz CT molecular complexity index is 1060. The van der Waals surface area contributed by atoms with Crippen molar-refractivity contribution in [2.24, 2.45) is 23.5 Å². The molecule has 3 heteroatoms. The zero-order valence-corrected chi connectivity index (χ0v) is 19.9. The third-order valence-electron chi connectivity index (χ3n) is 8.57. The van der Waals surface area contributed by atoms with Gasteiger partial charge in [-0.15, -0.1) is 0 Å². The van der Waals surface area contributed by atoms with Gasteiger partial charge in [0, 0.05) is 21.1 Å². The maximum absolute atomic E-state index is 5.83. The van der Waals surface area contributed by atoms with Crippen LogP contribution in [0.15, 0.2) is 46.9 Å². The molecule has 0 saturated heterocycles. The summed E-state index contributed by atoms with van der Waals surface area (Å²) in [5.41, 5.74) is 13.2. The van der Waals surface area contributed by atoms with Crippen LogP contribution < -0.4 is 5.73 Å². The molecule has 2 aromatic carbocycles. The Labute approximate surface area is 194 Å². The summed E-state index contributed by atoms with van der Waals surface area (Å²) in [5.74, 6) is 2.95. The van der Waals surface area contributed by atoms with E-state index in [0.717, 1.165) is 48.0 Å². The SMILES string of the molecule is NCCCCc1c(-c2ccc(Br)cc2)[nH]c2ccc(C34CC5CC(CC(C5)C3)C4)cc12. The standard InChI is InChI=1S/C28H33BrN2/c29-23-7-4-21(5-8-23)27-24(3-1-2-10-30)25-14-22(6-9-26(25)31-27)28-15-18-11-19(16-28)13-20(12-18)17-28/h4-9,14,18-20,31H,1-3,10-13,15-17,30H2. The van der Waals surface area contributed by atoms with Gasteiger partial charge in [0.15, 0.2) is 0 Å². The lowest BCUT2D eigenvalue weighted by Gasteiger charge is -2.57. The molecule has 31 heavy (non-hydrogen) atoms. The van der Waals surface area contributed by atoms with Crippen LogP contribution in [0.4, 0.5) is 0 Å². The van der Waals surface area contributed by atoms with E-state index >= 15 is 0 Å². The van der Waals surface area contributed by atoms with Crippen molar-refractivity contribution >= 4 is 26.8 Å². The van der Waals surface area contributed by atoms with Gasteiger partial charge < -0.3 is 10.7 Å². The first-order valence-electron chi connectivity index (χ1n) is 12.2. The molecule has 1 aromatic heterocycles. The van der Waals surface area contributed by atoms with E-state index in [9.17, 15) is 0 Å². The highest BCUT2D eigenvalue weighted by Crippen LogP contribution is 2.61. The molecule has 0 radical (unpaired) electrons. The molecular formula is C28H33BrN2. The van der Waals surface area contributed by atoms with Crippen molar-refractivity contribution in [2.75, 3.05) is 6.54 Å². The molecule has 0 atom stereocenters. The van der Waals surface area contributed by atoms with E-state index in [2.05, 4.69) is 63.4 Å². The number of H-pyrrole nitrogens is 1. The number of hydrogen-bond acceptors (Lipinski definition) is 1. The normalized spacial score (nSPS) is 29.2. The van der Waals surface area contributed by atoms with Crippen molar-refractivity contribution in [3.63, 3.8) is 0 Å². The summed E-state index contributed by atoms with van der Waals surface area (Å²) in [7, 11) is 0. The van der Waals surface area contributed by atoms with Gasteiger partial charge >= 0.3 is 0 Å². The second-order valence-electron chi connectivity index (χ2n) is 10.7. The van der Waals surface area contributed by atoms with Crippen molar-refractivity contribution in [1.82, 2.24) is 4.98 Å². The van der Waals surface area contributed by atoms with Gasteiger partial charge in [0.05, 0.1) is 0 Å². The van der Waals surface area contributed by atoms with E-state index in [1.165, 1.54) is 66.2 Å². The molecule has 7 rings (SSSR count). The third-order valence-corrected chi connectivity index (χ3v) is 9.10. The van der Waals surface area contributed by atoms with Crippen molar-refractivity contribution in [3.8, 4) is 11.3 Å². The van der Waals surface area contributed by atoms with Crippen molar-refractivity contribution in [1.29, 1.82) is 0 Å². The first kappa shape index (κ1) is 20.1. The molecule has 162 valence electrons. The fourth-order valence-electron chi connectivity index (χ4n) is 7.61. The van der Waals surface area contributed by atoms with E-state index in [0.29, 0.717) is 5.41 Å². The zero-order chi connectivity index (χ0) is 21.0. The van der Waals surface area contributed by atoms with Gasteiger partial charge in [-0.25, -0.2) is 0 Å². The van der Waals surface area contributed by atoms with Crippen LogP contribution in [0.1, 0.15) is 62.5 Å². The lowest BCUT2D eigenvalue weighted by atomic mass is 9.48. The Balaban J connectivity index is 1.44. The molecule has 2 nitrogen and oxygen atoms in total. The van der Waals surface area contributed by atoms with Gasteiger partial charge in [-0.2, -0.15) is 0 Å². The lowest BCUT2D eigenvalue weighted by molar-refractivity contribution is -0.00513. The lowest BCUT2D eigenvalue weighted by Crippen LogP contribution is -2.48. The molecule has 0 spiro atoms. The Morgan fingerprint density at radius 2 is 1.58 bits per heavy atom. The van der Waals surface area contributed by atoms with Gasteiger partial charge in [-0.05, 0) is 128 Å². The van der Waals surface area contributed by atoms with Crippen LogP contribution >= 0.6 is 15.9 Å². The average Bonchev–Trinajstić information content (AvgIpc) is 3.11. The Hall–Kier alpha value is -1.58. The van der Waals surface area contributed by atoms with Crippen LogP contribution in [0.3, 0.4) is 0 Å². The van der Waals surface area contributed by atoms with Crippen LogP contribution in [0.2, 0.25) is 0 Å². The van der Waals surface area contributed by atoms with Crippen LogP contribution in [-0.4, -0.2) is 11.5 Å². The number of halogens is 1. The number of aromatic amines is 1. The highest BCUT2D eigenvalue weighted by atomic mass is 79.9. The molecule has 4 aliphatic carbocycles. The molecule has 4 saturated carbocycles. The molecule has 3 aromatic rings. The third kappa shape index (κ3) is 3.49. The topological polar surface area (TPSA) is 41.8 Å².